The van der Waals surface area contributed by atoms with E-state index in [0.29, 0.717) is 29.2 Å². The average molecular weight is 395 g/mol. The van der Waals surface area contributed by atoms with Gasteiger partial charge in [-0.05, 0) is 50.6 Å². The van der Waals surface area contributed by atoms with Gasteiger partial charge in [0.05, 0.1) is 29.8 Å². The quantitative estimate of drug-likeness (QED) is 0.569. The first kappa shape index (κ1) is 20.6. The second-order valence-corrected chi connectivity index (χ2v) is 7.66. The monoisotopic (exact) mass is 395 g/mol. The molecule has 0 saturated heterocycles. The number of para-hydroxylation sites is 1. The molecular weight excluding hydrogens is 370 g/mol. The van der Waals surface area contributed by atoms with Crippen LogP contribution in [0.1, 0.15) is 71.1 Å². The van der Waals surface area contributed by atoms with Crippen molar-refractivity contribution in [1.29, 1.82) is 0 Å². The largest absolute Gasteiger partial charge is 0.487 e. The van der Waals surface area contributed by atoms with Crippen molar-refractivity contribution in [3.63, 3.8) is 0 Å². The first-order chi connectivity index (χ1) is 13.8. The second kappa shape index (κ2) is 8.47. The van der Waals surface area contributed by atoms with Crippen LogP contribution in [0.15, 0.2) is 42.5 Å². The van der Waals surface area contributed by atoms with E-state index in [1.807, 2.05) is 20.8 Å². The van der Waals surface area contributed by atoms with Crippen LogP contribution in [0, 0.1) is 0 Å². The molecule has 0 unspecified atom stereocenters. The predicted molar refractivity (Wildman–Crippen MR) is 110 cm³/mol. The lowest BCUT2D eigenvalue weighted by molar-refractivity contribution is 0.0500. The number of benzene rings is 2. The minimum absolute atomic E-state index is 0.0641. The van der Waals surface area contributed by atoms with Crippen molar-refractivity contribution in [2.75, 3.05) is 11.9 Å². The number of rotatable bonds is 6. The van der Waals surface area contributed by atoms with Crippen molar-refractivity contribution in [3.05, 3.63) is 59.2 Å². The fourth-order valence-electron chi connectivity index (χ4n) is 3.15. The number of hydrogen-bond acceptors (Lipinski definition) is 5. The summed E-state index contributed by atoms with van der Waals surface area (Å²) in [6.45, 7) is 6.05. The van der Waals surface area contributed by atoms with E-state index < -0.39 is 17.5 Å². The first-order valence-electron chi connectivity index (χ1n) is 9.74. The van der Waals surface area contributed by atoms with Gasteiger partial charge in [-0.15, -0.1) is 0 Å². The highest BCUT2D eigenvalue weighted by atomic mass is 16.5. The maximum atomic E-state index is 12.8. The molecule has 2 aromatic carbocycles. The van der Waals surface area contributed by atoms with Gasteiger partial charge in [0, 0.05) is 5.56 Å². The molecule has 0 bridgehead atoms. The van der Waals surface area contributed by atoms with E-state index >= 15 is 0 Å². The summed E-state index contributed by atoms with van der Waals surface area (Å²) in [6.07, 6.45) is 1.95. The van der Waals surface area contributed by atoms with Crippen molar-refractivity contribution < 1.29 is 23.9 Å². The number of fused-ring (bicyclic) bond motifs is 1. The van der Waals surface area contributed by atoms with Crippen LogP contribution < -0.4 is 10.1 Å². The molecular formula is C23H25NO5. The van der Waals surface area contributed by atoms with E-state index in [4.69, 9.17) is 9.47 Å². The Hall–Kier alpha value is -3.15. The maximum absolute atomic E-state index is 12.8. The maximum Gasteiger partial charge on any atom is 0.340 e. The Bertz CT molecular complexity index is 948. The highest BCUT2D eigenvalue weighted by Gasteiger charge is 2.32. The van der Waals surface area contributed by atoms with Crippen LogP contribution in [0.3, 0.4) is 0 Å². The molecule has 1 amide bonds. The molecule has 0 spiro atoms. The van der Waals surface area contributed by atoms with Crippen LogP contribution in [-0.4, -0.2) is 29.9 Å². The Labute approximate surface area is 170 Å². The van der Waals surface area contributed by atoms with Crippen LogP contribution >= 0.6 is 0 Å². The average Bonchev–Trinajstić information content (AvgIpc) is 2.67. The smallest absolute Gasteiger partial charge is 0.340 e. The first-order valence-corrected chi connectivity index (χ1v) is 9.74. The SMILES string of the molecule is CCCCOC(=O)c1ccccc1NC(=O)c1ccc2c(c1)C(=O)CC(C)(C)O2. The number of amides is 1. The zero-order valence-electron chi connectivity index (χ0n) is 16.9. The van der Waals surface area contributed by atoms with Gasteiger partial charge in [-0.3, -0.25) is 9.59 Å². The fourth-order valence-corrected chi connectivity index (χ4v) is 3.15. The molecule has 29 heavy (non-hydrogen) atoms. The Balaban J connectivity index is 1.79. The van der Waals surface area contributed by atoms with Crippen molar-refractivity contribution in [2.24, 2.45) is 0 Å². The van der Waals surface area contributed by atoms with Gasteiger partial charge >= 0.3 is 5.97 Å². The Morgan fingerprint density at radius 1 is 1.17 bits per heavy atom. The number of Topliss-reactive ketones (excluding diaryl/α,β-unsaturated/α-hetero) is 1. The third-order valence-corrected chi connectivity index (χ3v) is 4.64. The number of carbonyl (C=O) groups is 3. The molecule has 3 rings (SSSR count). The Morgan fingerprint density at radius 3 is 2.69 bits per heavy atom. The molecule has 6 nitrogen and oxygen atoms in total. The fraction of sp³-hybridized carbons (Fsp3) is 0.348. The number of esters is 1. The molecule has 152 valence electrons. The zero-order chi connectivity index (χ0) is 21.0. The molecule has 6 heteroatoms. The van der Waals surface area contributed by atoms with Gasteiger partial charge < -0.3 is 14.8 Å². The number of ketones is 1. The van der Waals surface area contributed by atoms with E-state index in [1.165, 1.54) is 6.07 Å². The second-order valence-electron chi connectivity index (χ2n) is 7.66. The molecule has 1 aliphatic heterocycles. The molecule has 2 aromatic rings. The summed E-state index contributed by atoms with van der Waals surface area (Å²) < 4.78 is 11.1. The Kier molecular flexibility index (Phi) is 6.01. The zero-order valence-corrected chi connectivity index (χ0v) is 16.9. The van der Waals surface area contributed by atoms with E-state index in [9.17, 15) is 14.4 Å². The third kappa shape index (κ3) is 4.83. The van der Waals surface area contributed by atoms with Crippen molar-refractivity contribution >= 4 is 23.3 Å². The molecule has 0 aromatic heterocycles. The van der Waals surface area contributed by atoms with Gasteiger partial charge in [0.2, 0.25) is 0 Å². The summed E-state index contributed by atoms with van der Waals surface area (Å²) in [7, 11) is 0. The number of ether oxygens (including phenoxy) is 2. The molecule has 0 fully saturated rings. The van der Waals surface area contributed by atoms with Crippen LogP contribution in [0.25, 0.3) is 0 Å². The van der Waals surface area contributed by atoms with Crippen LogP contribution in [0.2, 0.25) is 0 Å². The molecule has 0 radical (unpaired) electrons. The minimum Gasteiger partial charge on any atom is -0.487 e. The summed E-state index contributed by atoms with van der Waals surface area (Å²) in [5.41, 5.74) is 0.792. The summed E-state index contributed by atoms with van der Waals surface area (Å²) in [6, 6.07) is 11.5. The molecule has 1 aliphatic rings. The van der Waals surface area contributed by atoms with Crippen LogP contribution in [-0.2, 0) is 4.74 Å². The normalized spacial score (nSPS) is 14.5. The van der Waals surface area contributed by atoms with Gasteiger partial charge in [0.25, 0.3) is 5.91 Å². The minimum atomic E-state index is -0.565. The molecule has 1 N–H and O–H groups in total. The van der Waals surface area contributed by atoms with Gasteiger partial charge in [-0.1, -0.05) is 25.5 Å². The number of unbranched alkanes of at least 4 members (excludes halogenated alkanes) is 1. The van der Waals surface area contributed by atoms with Crippen LogP contribution in [0.4, 0.5) is 5.69 Å². The number of nitrogens with one attached hydrogen (secondary N) is 1. The summed E-state index contributed by atoms with van der Waals surface area (Å²) in [5, 5.41) is 2.74. The molecule has 0 saturated carbocycles. The van der Waals surface area contributed by atoms with E-state index in [-0.39, 0.29) is 17.8 Å². The van der Waals surface area contributed by atoms with E-state index in [1.54, 1.807) is 36.4 Å². The molecule has 1 heterocycles. The lowest BCUT2D eigenvalue weighted by atomic mass is 9.92. The standard InChI is InChI=1S/C23H25NO5/c1-4-5-12-28-22(27)16-8-6-7-9-18(16)24-21(26)15-10-11-20-17(13-15)19(25)14-23(2,3)29-20/h6-11,13H,4-5,12,14H2,1-3H3,(H,24,26). The van der Waals surface area contributed by atoms with Crippen molar-refractivity contribution in [1.82, 2.24) is 0 Å². The number of carbonyl (C=O) groups excluding carboxylic acids is 3. The van der Waals surface area contributed by atoms with Gasteiger partial charge in [0.15, 0.2) is 5.78 Å². The number of anilines is 1. The van der Waals surface area contributed by atoms with Gasteiger partial charge in [0.1, 0.15) is 11.4 Å². The highest BCUT2D eigenvalue weighted by Crippen LogP contribution is 2.33. The summed E-state index contributed by atoms with van der Waals surface area (Å²) in [5.74, 6) is -0.488. The van der Waals surface area contributed by atoms with Gasteiger partial charge in [-0.25, -0.2) is 4.79 Å². The van der Waals surface area contributed by atoms with Crippen molar-refractivity contribution in [2.45, 2.75) is 45.6 Å². The van der Waals surface area contributed by atoms with E-state index in [2.05, 4.69) is 5.32 Å². The number of hydrogen-bond donors (Lipinski definition) is 1. The van der Waals surface area contributed by atoms with Gasteiger partial charge in [-0.2, -0.15) is 0 Å². The molecule has 0 atom stereocenters. The predicted octanol–water partition coefficient (Wildman–Crippen LogP) is 4.64. The van der Waals surface area contributed by atoms with Crippen LogP contribution in [0.5, 0.6) is 5.75 Å². The summed E-state index contributed by atoms with van der Waals surface area (Å²) >= 11 is 0. The molecule has 0 aliphatic carbocycles. The van der Waals surface area contributed by atoms with E-state index in [0.717, 1.165) is 12.8 Å². The topological polar surface area (TPSA) is 81.7 Å². The lowest BCUT2D eigenvalue weighted by Crippen LogP contribution is -2.36. The lowest BCUT2D eigenvalue weighted by Gasteiger charge is -2.31. The highest BCUT2D eigenvalue weighted by molar-refractivity contribution is 6.10. The Morgan fingerprint density at radius 2 is 1.93 bits per heavy atom. The third-order valence-electron chi connectivity index (χ3n) is 4.64. The summed E-state index contributed by atoms with van der Waals surface area (Å²) in [4.78, 5) is 37.5. The van der Waals surface area contributed by atoms with Crippen molar-refractivity contribution in [3.8, 4) is 5.75 Å².